The number of hydrogen-bond acceptors (Lipinski definition) is 1. The minimum absolute atomic E-state index is 0.367. The van der Waals surface area contributed by atoms with Crippen molar-refractivity contribution in [2.45, 2.75) is 44.6 Å². The number of fused-ring (bicyclic) bond motifs is 5. The number of rotatable bonds is 0. The summed E-state index contributed by atoms with van der Waals surface area (Å²) in [6.07, 6.45) is 7.34. The van der Waals surface area contributed by atoms with Crippen LogP contribution in [-0.2, 0) is 4.79 Å². The monoisotopic (exact) mass is 167 g/mol. The van der Waals surface area contributed by atoms with Gasteiger partial charge in [-0.25, -0.2) is 0 Å². The van der Waals surface area contributed by atoms with Gasteiger partial charge in [-0.2, -0.15) is 0 Å². The zero-order chi connectivity index (χ0) is 8.55. The molecule has 0 radical (unpaired) electrons. The van der Waals surface area contributed by atoms with Crippen molar-refractivity contribution in [2.75, 3.05) is 7.05 Å². The van der Waals surface area contributed by atoms with E-state index in [1.54, 1.807) is 0 Å². The van der Waals surface area contributed by atoms with E-state index in [4.69, 9.17) is 0 Å². The minimum atomic E-state index is 0.367. The Bertz CT molecular complexity index is 182. The summed E-state index contributed by atoms with van der Waals surface area (Å²) >= 11 is 0. The predicted octanol–water partition coefficient (Wildman–Crippen LogP) is 1.80. The van der Waals surface area contributed by atoms with Gasteiger partial charge in [0.2, 0.25) is 5.91 Å². The highest BCUT2D eigenvalue weighted by molar-refractivity contribution is 5.79. The van der Waals surface area contributed by atoms with Crippen molar-refractivity contribution in [1.82, 2.24) is 4.90 Å². The second kappa shape index (κ2) is 3.08. The number of carbonyl (C=O) groups excluding carboxylic acids is 1. The standard InChI is InChI=1S/C10H17NO/c1-11-9-5-3-2-4-8(6-7-9)10(11)12/h8-9H,2-7H2,1H3/t8-,9+/m0/s1. The van der Waals surface area contributed by atoms with Crippen LogP contribution in [0.15, 0.2) is 0 Å². The molecule has 1 saturated carbocycles. The summed E-state index contributed by atoms with van der Waals surface area (Å²) in [6, 6.07) is 0.564. The minimum Gasteiger partial charge on any atom is -0.343 e. The van der Waals surface area contributed by atoms with E-state index < -0.39 is 0 Å². The Labute approximate surface area is 73.9 Å². The van der Waals surface area contributed by atoms with Crippen LogP contribution in [0.1, 0.15) is 38.5 Å². The Balaban J connectivity index is 2.15. The average molecular weight is 167 g/mol. The Morgan fingerprint density at radius 3 is 2.75 bits per heavy atom. The van der Waals surface area contributed by atoms with Crippen molar-refractivity contribution in [3.8, 4) is 0 Å². The number of nitrogens with zero attached hydrogens (tertiary/aromatic N) is 1. The maximum absolute atomic E-state index is 11.7. The maximum Gasteiger partial charge on any atom is 0.225 e. The average Bonchev–Trinajstić information content (AvgIpc) is 2.00. The zero-order valence-electron chi connectivity index (χ0n) is 7.75. The molecular formula is C10H17NO. The smallest absolute Gasteiger partial charge is 0.225 e. The first-order valence-electron chi connectivity index (χ1n) is 5.05. The van der Waals surface area contributed by atoms with Gasteiger partial charge < -0.3 is 4.90 Å². The fraction of sp³-hybridized carbons (Fsp3) is 0.900. The summed E-state index contributed by atoms with van der Waals surface area (Å²) < 4.78 is 0. The topological polar surface area (TPSA) is 20.3 Å². The van der Waals surface area contributed by atoms with E-state index in [0.29, 0.717) is 17.9 Å². The SMILES string of the molecule is CN1C(=O)[C@H]2CCCC[C@@H]1CC2. The summed E-state index contributed by atoms with van der Waals surface area (Å²) in [5.74, 6) is 0.775. The molecule has 3 rings (SSSR count). The Kier molecular flexibility index (Phi) is 2.07. The molecule has 1 amide bonds. The van der Waals surface area contributed by atoms with Crippen LogP contribution in [0.5, 0.6) is 0 Å². The van der Waals surface area contributed by atoms with Gasteiger partial charge in [0.1, 0.15) is 0 Å². The van der Waals surface area contributed by atoms with Crippen LogP contribution in [-0.4, -0.2) is 23.9 Å². The maximum atomic E-state index is 11.7. The summed E-state index contributed by atoms with van der Waals surface area (Å²) in [4.78, 5) is 13.7. The molecule has 0 aromatic rings. The largest absolute Gasteiger partial charge is 0.343 e. The molecule has 2 atom stereocenters. The highest BCUT2D eigenvalue weighted by Gasteiger charge is 2.33. The van der Waals surface area contributed by atoms with E-state index in [9.17, 15) is 4.79 Å². The van der Waals surface area contributed by atoms with Crippen LogP contribution in [0.25, 0.3) is 0 Å². The van der Waals surface area contributed by atoms with Gasteiger partial charge in [-0.15, -0.1) is 0 Å². The predicted molar refractivity (Wildman–Crippen MR) is 47.8 cm³/mol. The Morgan fingerprint density at radius 2 is 1.92 bits per heavy atom. The van der Waals surface area contributed by atoms with Crippen LogP contribution in [0, 0.1) is 5.92 Å². The molecule has 3 fully saturated rings. The van der Waals surface area contributed by atoms with Crippen LogP contribution >= 0.6 is 0 Å². The molecule has 0 N–H and O–H groups in total. The van der Waals surface area contributed by atoms with Crippen LogP contribution in [0.3, 0.4) is 0 Å². The molecule has 68 valence electrons. The van der Waals surface area contributed by atoms with Crippen molar-refractivity contribution >= 4 is 5.91 Å². The van der Waals surface area contributed by atoms with Crippen molar-refractivity contribution < 1.29 is 4.79 Å². The van der Waals surface area contributed by atoms with Gasteiger partial charge in [-0.1, -0.05) is 12.8 Å². The quantitative estimate of drug-likeness (QED) is 0.538. The van der Waals surface area contributed by atoms with E-state index in [-0.39, 0.29) is 0 Å². The fourth-order valence-electron chi connectivity index (χ4n) is 2.56. The summed E-state index contributed by atoms with van der Waals surface area (Å²) in [5, 5.41) is 0. The molecule has 0 aromatic carbocycles. The number of hydrogen-bond donors (Lipinski definition) is 0. The lowest BCUT2D eigenvalue weighted by molar-refractivity contribution is -0.141. The molecule has 0 aromatic heterocycles. The third-order valence-electron chi connectivity index (χ3n) is 3.43. The Morgan fingerprint density at radius 1 is 1.17 bits per heavy atom. The van der Waals surface area contributed by atoms with Crippen LogP contribution in [0.4, 0.5) is 0 Å². The van der Waals surface area contributed by atoms with Crippen molar-refractivity contribution in [2.24, 2.45) is 5.92 Å². The van der Waals surface area contributed by atoms with E-state index in [1.165, 1.54) is 25.7 Å². The third kappa shape index (κ3) is 1.23. The van der Waals surface area contributed by atoms with E-state index in [2.05, 4.69) is 0 Å². The molecule has 2 bridgehead atoms. The number of carbonyl (C=O) groups is 1. The van der Waals surface area contributed by atoms with Gasteiger partial charge in [0.05, 0.1) is 0 Å². The molecular weight excluding hydrogens is 150 g/mol. The molecule has 2 saturated heterocycles. The van der Waals surface area contributed by atoms with Crippen molar-refractivity contribution in [3.63, 3.8) is 0 Å². The molecule has 3 aliphatic rings. The highest BCUT2D eigenvalue weighted by Crippen LogP contribution is 2.31. The molecule has 2 nitrogen and oxygen atoms in total. The third-order valence-corrected chi connectivity index (χ3v) is 3.43. The highest BCUT2D eigenvalue weighted by atomic mass is 16.2. The van der Waals surface area contributed by atoms with Gasteiger partial charge in [0, 0.05) is 19.0 Å². The lowest BCUT2D eigenvalue weighted by atomic mass is 9.83. The molecule has 0 spiro atoms. The fourth-order valence-corrected chi connectivity index (χ4v) is 2.56. The van der Waals surface area contributed by atoms with Gasteiger partial charge in [-0.3, -0.25) is 4.79 Å². The van der Waals surface area contributed by atoms with Gasteiger partial charge in [-0.05, 0) is 25.7 Å². The molecule has 0 unspecified atom stereocenters. The second-order valence-corrected chi connectivity index (χ2v) is 4.16. The first-order chi connectivity index (χ1) is 5.79. The molecule has 2 aliphatic heterocycles. The molecule has 2 heteroatoms. The summed E-state index contributed by atoms with van der Waals surface area (Å²) in [7, 11) is 1.98. The van der Waals surface area contributed by atoms with Gasteiger partial charge in [0.15, 0.2) is 0 Å². The van der Waals surface area contributed by atoms with Crippen molar-refractivity contribution in [3.05, 3.63) is 0 Å². The first kappa shape index (κ1) is 8.09. The van der Waals surface area contributed by atoms with Crippen LogP contribution < -0.4 is 0 Å². The zero-order valence-corrected chi connectivity index (χ0v) is 7.75. The van der Waals surface area contributed by atoms with Crippen LogP contribution in [0.2, 0.25) is 0 Å². The normalized spacial score (nSPS) is 36.4. The number of piperidine rings is 1. The molecule has 2 heterocycles. The lowest BCUT2D eigenvalue weighted by Gasteiger charge is -2.39. The van der Waals surface area contributed by atoms with E-state index in [0.717, 1.165) is 12.8 Å². The Hall–Kier alpha value is -0.530. The first-order valence-corrected chi connectivity index (χ1v) is 5.05. The van der Waals surface area contributed by atoms with E-state index in [1.807, 2.05) is 11.9 Å². The van der Waals surface area contributed by atoms with Gasteiger partial charge >= 0.3 is 0 Å². The molecule has 12 heavy (non-hydrogen) atoms. The lowest BCUT2D eigenvalue weighted by Crippen LogP contribution is -2.46. The van der Waals surface area contributed by atoms with Gasteiger partial charge in [0.25, 0.3) is 0 Å². The second-order valence-electron chi connectivity index (χ2n) is 4.16. The van der Waals surface area contributed by atoms with E-state index >= 15 is 0 Å². The molecule has 1 aliphatic carbocycles. The summed E-state index contributed by atoms with van der Waals surface area (Å²) in [6.45, 7) is 0. The number of amides is 1. The van der Waals surface area contributed by atoms with Crippen molar-refractivity contribution in [1.29, 1.82) is 0 Å². The summed E-state index contributed by atoms with van der Waals surface area (Å²) in [5.41, 5.74) is 0.